The Hall–Kier alpha value is -2.09. The van der Waals surface area contributed by atoms with E-state index < -0.39 is 0 Å². The van der Waals surface area contributed by atoms with Gasteiger partial charge in [0.05, 0.1) is 11.6 Å². The van der Waals surface area contributed by atoms with Gasteiger partial charge in [0.1, 0.15) is 11.9 Å². The van der Waals surface area contributed by atoms with E-state index in [1.165, 1.54) is 0 Å². The first kappa shape index (κ1) is 14.3. The Morgan fingerprint density at radius 3 is 2.95 bits per heavy atom. The molecule has 20 heavy (non-hydrogen) atoms. The Labute approximate surface area is 119 Å². The quantitative estimate of drug-likeness (QED) is 0.914. The van der Waals surface area contributed by atoms with Crippen LogP contribution in [0, 0.1) is 16.7 Å². The molecule has 1 aromatic heterocycles. The van der Waals surface area contributed by atoms with Gasteiger partial charge in [0.15, 0.2) is 0 Å². The van der Waals surface area contributed by atoms with Crippen LogP contribution in [0.3, 0.4) is 0 Å². The predicted octanol–water partition coefficient (Wildman–Crippen LogP) is 2.01. The lowest BCUT2D eigenvalue weighted by atomic mass is 9.96. The monoisotopic (exact) mass is 272 g/mol. The van der Waals surface area contributed by atoms with Crippen LogP contribution in [0.5, 0.6) is 0 Å². The molecule has 1 atom stereocenters. The van der Waals surface area contributed by atoms with Gasteiger partial charge in [-0.2, -0.15) is 5.26 Å². The van der Waals surface area contributed by atoms with Crippen molar-refractivity contribution in [2.75, 3.05) is 18.4 Å². The van der Waals surface area contributed by atoms with E-state index >= 15 is 0 Å². The maximum atomic E-state index is 12.0. The zero-order valence-corrected chi connectivity index (χ0v) is 12.2. The zero-order valence-electron chi connectivity index (χ0n) is 12.2. The second-order valence-electron chi connectivity index (χ2n) is 6.39. The lowest BCUT2D eigenvalue weighted by molar-refractivity contribution is -0.128. The summed E-state index contributed by atoms with van der Waals surface area (Å²) in [6.45, 7) is 7.77. The standard InChI is InChI=1S/C15H20N4O/c1-15(2,3)10-19-9-12(7-13(19)20)18-14-11(8-16)5-4-6-17-14/h4-6,12H,7,9-10H2,1-3H3,(H,17,18). The minimum Gasteiger partial charge on any atom is -0.364 e. The average Bonchev–Trinajstić information content (AvgIpc) is 2.68. The highest BCUT2D eigenvalue weighted by Crippen LogP contribution is 2.22. The Morgan fingerprint density at radius 1 is 1.55 bits per heavy atom. The van der Waals surface area contributed by atoms with E-state index in [9.17, 15) is 4.79 Å². The molecule has 2 rings (SSSR count). The van der Waals surface area contributed by atoms with E-state index in [0.717, 1.165) is 6.54 Å². The molecule has 1 aliphatic rings. The fraction of sp³-hybridized carbons (Fsp3) is 0.533. The highest BCUT2D eigenvalue weighted by molar-refractivity contribution is 5.80. The molecule has 0 aromatic carbocycles. The molecule has 0 aliphatic carbocycles. The molecule has 1 saturated heterocycles. The number of likely N-dealkylation sites (tertiary alicyclic amines) is 1. The lowest BCUT2D eigenvalue weighted by Crippen LogP contribution is -2.35. The molecule has 0 saturated carbocycles. The maximum Gasteiger partial charge on any atom is 0.224 e. The van der Waals surface area contributed by atoms with Gasteiger partial charge >= 0.3 is 0 Å². The van der Waals surface area contributed by atoms with Crippen LogP contribution in [-0.2, 0) is 4.79 Å². The van der Waals surface area contributed by atoms with Crippen LogP contribution in [0.25, 0.3) is 0 Å². The number of hydrogen-bond acceptors (Lipinski definition) is 4. The number of nitrogens with one attached hydrogen (secondary N) is 1. The summed E-state index contributed by atoms with van der Waals surface area (Å²) in [4.78, 5) is 18.1. The second-order valence-corrected chi connectivity index (χ2v) is 6.39. The third kappa shape index (κ3) is 3.47. The van der Waals surface area contributed by atoms with Crippen LogP contribution < -0.4 is 5.32 Å². The van der Waals surface area contributed by atoms with E-state index in [2.05, 4.69) is 37.1 Å². The van der Waals surface area contributed by atoms with Crippen molar-refractivity contribution < 1.29 is 4.79 Å². The molecule has 1 fully saturated rings. The highest BCUT2D eigenvalue weighted by atomic mass is 16.2. The van der Waals surface area contributed by atoms with Crippen LogP contribution >= 0.6 is 0 Å². The summed E-state index contributed by atoms with van der Waals surface area (Å²) in [5.41, 5.74) is 0.599. The zero-order chi connectivity index (χ0) is 14.8. The van der Waals surface area contributed by atoms with Crippen LogP contribution in [0.1, 0.15) is 32.8 Å². The van der Waals surface area contributed by atoms with Gasteiger partial charge in [0, 0.05) is 25.7 Å². The molecule has 106 valence electrons. The van der Waals surface area contributed by atoms with Crippen LogP contribution in [-0.4, -0.2) is 34.9 Å². The van der Waals surface area contributed by atoms with Crippen LogP contribution in [0.2, 0.25) is 0 Å². The first-order valence-electron chi connectivity index (χ1n) is 6.78. The van der Waals surface area contributed by atoms with Crippen molar-refractivity contribution in [1.29, 1.82) is 5.26 Å². The van der Waals surface area contributed by atoms with Crippen molar-refractivity contribution in [1.82, 2.24) is 9.88 Å². The minimum atomic E-state index is 0.0202. The average molecular weight is 272 g/mol. The smallest absolute Gasteiger partial charge is 0.224 e. The summed E-state index contributed by atoms with van der Waals surface area (Å²) in [6.07, 6.45) is 2.10. The van der Waals surface area contributed by atoms with Crippen molar-refractivity contribution in [3.8, 4) is 6.07 Å². The van der Waals surface area contributed by atoms with Gasteiger partial charge in [-0.25, -0.2) is 4.98 Å². The number of amides is 1. The molecule has 0 radical (unpaired) electrons. The fourth-order valence-corrected chi connectivity index (χ4v) is 2.40. The molecule has 1 unspecified atom stereocenters. The Balaban J connectivity index is 2.03. The van der Waals surface area contributed by atoms with Gasteiger partial charge in [-0.15, -0.1) is 0 Å². The molecule has 2 heterocycles. The number of rotatable bonds is 3. The first-order chi connectivity index (χ1) is 9.39. The molecular formula is C15H20N4O. The second kappa shape index (κ2) is 5.49. The van der Waals surface area contributed by atoms with Gasteiger partial charge < -0.3 is 10.2 Å². The van der Waals surface area contributed by atoms with Crippen molar-refractivity contribution in [3.05, 3.63) is 23.9 Å². The molecule has 5 heteroatoms. The van der Waals surface area contributed by atoms with Crippen LogP contribution in [0.4, 0.5) is 5.82 Å². The van der Waals surface area contributed by atoms with Crippen molar-refractivity contribution in [2.24, 2.45) is 5.41 Å². The number of nitrogens with zero attached hydrogens (tertiary/aromatic N) is 3. The molecule has 5 nitrogen and oxygen atoms in total. The number of nitriles is 1. The molecule has 1 amide bonds. The Morgan fingerprint density at radius 2 is 2.30 bits per heavy atom. The topological polar surface area (TPSA) is 69.0 Å². The number of carbonyl (C=O) groups excluding carboxylic acids is 1. The van der Waals surface area contributed by atoms with Crippen molar-refractivity contribution in [2.45, 2.75) is 33.2 Å². The van der Waals surface area contributed by atoms with E-state index in [1.807, 2.05) is 4.90 Å². The van der Waals surface area contributed by atoms with Gasteiger partial charge in [0.25, 0.3) is 0 Å². The third-order valence-electron chi connectivity index (χ3n) is 3.15. The van der Waals surface area contributed by atoms with E-state index in [0.29, 0.717) is 24.3 Å². The van der Waals surface area contributed by atoms with Crippen molar-refractivity contribution in [3.63, 3.8) is 0 Å². The number of pyridine rings is 1. The largest absolute Gasteiger partial charge is 0.364 e. The fourth-order valence-electron chi connectivity index (χ4n) is 2.40. The van der Waals surface area contributed by atoms with E-state index in [-0.39, 0.29) is 17.4 Å². The molecule has 1 aromatic rings. The predicted molar refractivity (Wildman–Crippen MR) is 77.0 cm³/mol. The number of anilines is 1. The molecule has 0 bridgehead atoms. The number of hydrogen-bond donors (Lipinski definition) is 1. The number of carbonyl (C=O) groups is 1. The van der Waals surface area contributed by atoms with Gasteiger partial charge in [-0.05, 0) is 17.5 Å². The van der Waals surface area contributed by atoms with E-state index in [4.69, 9.17) is 5.26 Å². The summed E-state index contributed by atoms with van der Waals surface area (Å²) < 4.78 is 0. The lowest BCUT2D eigenvalue weighted by Gasteiger charge is -2.26. The minimum absolute atomic E-state index is 0.0202. The molecule has 1 N–H and O–H groups in total. The summed E-state index contributed by atoms with van der Waals surface area (Å²) in [5, 5.41) is 12.3. The summed E-state index contributed by atoms with van der Waals surface area (Å²) in [7, 11) is 0. The van der Waals surface area contributed by atoms with Crippen LogP contribution in [0.15, 0.2) is 18.3 Å². The number of aromatic nitrogens is 1. The summed E-state index contributed by atoms with van der Waals surface area (Å²) in [6, 6.07) is 5.58. The van der Waals surface area contributed by atoms with Gasteiger partial charge in [0.2, 0.25) is 5.91 Å². The first-order valence-corrected chi connectivity index (χ1v) is 6.78. The summed E-state index contributed by atoms with van der Waals surface area (Å²) >= 11 is 0. The Bertz CT molecular complexity index is 542. The highest BCUT2D eigenvalue weighted by Gasteiger charge is 2.32. The van der Waals surface area contributed by atoms with E-state index in [1.54, 1.807) is 18.3 Å². The molecule has 0 spiro atoms. The maximum absolute atomic E-state index is 12.0. The molecule has 1 aliphatic heterocycles. The SMILES string of the molecule is CC(C)(C)CN1CC(Nc2ncccc2C#N)CC1=O. The normalized spacial score (nSPS) is 19.0. The molecular weight excluding hydrogens is 252 g/mol. The van der Waals surface area contributed by atoms with Gasteiger partial charge in [-0.3, -0.25) is 4.79 Å². The summed E-state index contributed by atoms with van der Waals surface area (Å²) in [5.74, 6) is 0.720. The Kier molecular flexibility index (Phi) is 3.93. The third-order valence-corrected chi connectivity index (χ3v) is 3.15. The van der Waals surface area contributed by atoms with Gasteiger partial charge in [-0.1, -0.05) is 20.8 Å². The van der Waals surface area contributed by atoms with Crippen molar-refractivity contribution >= 4 is 11.7 Å².